The number of halogens is 1. The van der Waals surface area contributed by atoms with Crippen molar-refractivity contribution in [1.82, 2.24) is 25.0 Å². The Bertz CT molecular complexity index is 1500. The van der Waals surface area contributed by atoms with Crippen LogP contribution >= 0.6 is 0 Å². The van der Waals surface area contributed by atoms with E-state index in [1.807, 2.05) is 6.07 Å². The van der Waals surface area contributed by atoms with Gasteiger partial charge in [0.15, 0.2) is 17.4 Å². The molecule has 1 saturated heterocycles. The van der Waals surface area contributed by atoms with E-state index in [1.54, 1.807) is 37.3 Å². The van der Waals surface area contributed by atoms with Crippen LogP contribution in [0.5, 0.6) is 5.75 Å². The molecule has 1 aliphatic rings. The van der Waals surface area contributed by atoms with E-state index in [0.29, 0.717) is 48.5 Å². The third kappa shape index (κ3) is 7.34. The van der Waals surface area contributed by atoms with Gasteiger partial charge >= 0.3 is 6.09 Å². The molecule has 0 spiro atoms. The van der Waals surface area contributed by atoms with E-state index in [0.717, 1.165) is 36.4 Å². The number of carbonyl (C=O) groups is 1. The van der Waals surface area contributed by atoms with E-state index in [2.05, 4.69) is 37.4 Å². The van der Waals surface area contributed by atoms with Gasteiger partial charge in [0.1, 0.15) is 5.82 Å². The number of carboxylic acid groups (broad SMARTS) is 1. The number of anilines is 4. The summed E-state index contributed by atoms with van der Waals surface area (Å²) in [7, 11) is 2.08. The lowest BCUT2D eigenvalue weighted by atomic mass is 10.00. The molecule has 0 saturated carbocycles. The summed E-state index contributed by atoms with van der Waals surface area (Å²) in [5.74, 6) is 1.39. The molecule has 0 aliphatic carbocycles. The van der Waals surface area contributed by atoms with Crippen molar-refractivity contribution < 1.29 is 23.6 Å². The molecule has 1 unspecified atom stereocenters. The Hall–Kier alpha value is -4.58. The number of likely N-dealkylation sites (tertiary alicyclic amines) is 1. The molecule has 1 atom stereocenters. The number of rotatable bonds is 10. The van der Waals surface area contributed by atoms with E-state index in [4.69, 9.17) is 9.26 Å². The number of benzene rings is 2. The normalized spacial score (nSPS) is 15.4. The molecule has 1 amide bonds. The number of ether oxygens (including phenoxy) is 1. The fraction of sp³-hybridized carbons (Fsp3) is 0.345. The van der Waals surface area contributed by atoms with E-state index < -0.39 is 11.9 Å². The summed E-state index contributed by atoms with van der Waals surface area (Å²) >= 11 is 0. The lowest BCUT2D eigenvalue weighted by molar-refractivity contribution is 0.147. The summed E-state index contributed by atoms with van der Waals surface area (Å²) < 4.78 is 25.7. The number of hydrogen-bond acceptors (Lipinski definition) is 9. The van der Waals surface area contributed by atoms with E-state index >= 15 is 0 Å². The smallest absolute Gasteiger partial charge is 0.417 e. The van der Waals surface area contributed by atoms with Crippen LogP contribution in [0.2, 0.25) is 0 Å². The number of hydrogen-bond donors (Lipinski definition) is 2. The lowest BCUT2D eigenvalue weighted by Crippen LogP contribution is -2.34. The summed E-state index contributed by atoms with van der Waals surface area (Å²) in [6.45, 7) is 4.23. The molecule has 2 aromatic carbocycles. The minimum Gasteiger partial charge on any atom is -0.490 e. The third-order valence-corrected chi connectivity index (χ3v) is 6.81. The van der Waals surface area contributed by atoms with Crippen molar-refractivity contribution in [1.29, 1.82) is 0 Å². The predicted octanol–water partition coefficient (Wildman–Crippen LogP) is 5.37. The van der Waals surface area contributed by atoms with Gasteiger partial charge in [-0.3, -0.25) is 0 Å². The predicted molar refractivity (Wildman–Crippen MR) is 150 cm³/mol. The summed E-state index contributed by atoms with van der Waals surface area (Å²) in [6, 6.07) is 13.2. The second-order valence-electron chi connectivity index (χ2n) is 10.1. The minimum absolute atomic E-state index is 0.120. The maximum absolute atomic E-state index is 14.8. The second-order valence-corrected chi connectivity index (χ2v) is 10.1. The quantitative estimate of drug-likeness (QED) is 0.261. The molecule has 214 valence electrons. The third-order valence-electron chi connectivity index (χ3n) is 6.81. The van der Waals surface area contributed by atoms with Crippen LogP contribution in [0, 0.1) is 18.7 Å². The number of nitrogens with zero attached hydrogens (tertiary/aromatic N) is 6. The van der Waals surface area contributed by atoms with Gasteiger partial charge in [-0.25, -0.2) is 19.1 Å². The molecule has 5 rings (SSSR count). The maximum atomic E-state index is 14.8. The SMILES string of the molecule is Cc1noc(CCc2cccc(N(C(=O)O)c3ccnc(Nc4ccc(OCC5CCCN(C)C5)c(F)c4)n3)c2)n1. The van der Waals surface area contributed by atoms with Gasteiger partial charge in [0.2, 0.25) is 11.8 Å². The van der Waals surface area contributed by atoms with Crippen LogP contribution in [-0.4, -0.2) is 63.0 Å². The van der Waals surface area contributed by atoms with Crippen molar-refractivity contribution in [2.45, 2.75) is 32.6 Å². The van der Waals surface area contributed by atoms with Gasteiger partial charge in [0.05, 0.1) is 12.3 Å². The van der Waals surface area contributed by atoms with Crippen molar-refractivity contribution >= 4 is 29.2 Å². The van der Waals surface area contributed by atoms with Crippen LogP contribution in [0.25, 0.3) is 0 Å². The van der Waals surface area contributed by atoms with Gasteiger partial charge < -0.3 is 24.6 Å². The minimum atomic E-state index is -1.21. The molecule has 11 nitrogen and oxygen atoms in total. The number of amides is 1. The van der Waals surface area contributed by atoms with Gasteiger partial charge in [-0.15, -0.1) is 0 Å². The van der Waals surface area contributed by atoms with Crippen molar-refractivity contribution in [2.24, 2.45) is 5.92 Å². The molecule has 4 aromatic rings. The molecular formula is C29H32FN7O4. The Morgan fingerprint density at radius 2 is 2.10 bits per heavy atom. The average molecular weight is 562 g/mol. The number of aryl methyl sites for hydroxylation is 3. The van der Waals surface area contributed by atoms with Crippen molar-refractivity contribution in [2.75, 3.05) is 37.0 Å². The Morgan fingerprint density at radius 3 is 2.85 bits per heavy atom. The van der Waals surface area contributed by atoms with Crippen LogP contribution in [0.4, 0.5) is 32.3 Å². The van der Waals surface area contributed by atoms with E-state index in [9.17, 15) is 14.3 Å². The highest BCUT2D eigenvalue weighted by Gasteiger charge is 2.21. The van der Waals surface area contributed by atoms with Gasteiger partial charge in [-0.2, -0.15) is 9.97 Å². The topological polar surface area (TPSA) is 130 Å². The highest BCUT2D eigenvalue weighted by atomic mass is 19.1. The molecule has 12 heteroatoms. The standard InChI is InChI=1S/C29H32FN7O4/c1-19-32-27(41-35-19)11-8-20-5-3-7-23(15-20)37(29(38)39)26-12-13-31-28(34-26)33-22-9-10-25(24(30)16-22)40-18-21-6-4-14-36(2)17-21/h3,5,7,9-10,12-13,15-16,21H,4,6,8,11,14,17-18H2,1-2H3,(H,38,39)(H,31,33,34). The fourth-order valence-electron chi connectivity index (χ4n) is 4.86. The monoisotopic (exact) mass is 561 g/mol. The van der Waals surface area contributed by atoms with Crippen molar-refractivity contribution in [3.8, 4) is 5.75 Å². The van der Waals surface area contributed by atoms with Crippen LogP contribution < -0.4 is 15.0 Å². The first-order valence-electron chi connectivity index (χ1n) is 13.5. The van der Waals surface area contributed by atoms with E-state index in [-0.39, 0.29) is 17.5 Å². The Kier molecular flexibility index (Phi) is 8.68. The number of nitrogens with one attached hydrogen (secondary N) is 1. The first-order valence-corrected chi connectivity index (χ1v) is 13.5. The second kappa shape index (κ2) is 12.7. The summed E-state index contributed by atoms with van der Waals surface area (Å²) in [5, 5.41) is 16.8. The Labute approximate surface area is 237 Å². The van der Waals surface area contributed by atoms with Crippen LogP contribution in [0.3, 0.4) is 0 Å². The Balaban J connectivity index is 1.26. The lowest BCUT2D eigenvalue weighted by Gasteiger charge is -2.29. The number of aromatic nitrogens is 4. The van der Waals surface area contributed by atoms with Gasteiger partial charge in [-0.1, -0.05) is 17.3 Å². The molecule has 1 fully saturated rings. The fourth-order valence-corrected chi connectivity index (χ4v) is 4.86. The number of piperidine rings is 1. The van der Waals surface area contributed by atoms with Crippen molar-refractivity contribution in [3.63, 3.8) is 0 Å². The molecule has 41 heavy (non-hydrogen) atoms. The maximum Gasteiger partial charge on any atom is 0.417 e. The van der Waals surface area contributed by atoms with Gasteiger partial charge in [-0.05, 0) is 69.6 Å². The van der Waals surface area contributed by atoms with Crippen LogP contribution in [0.15, 0.2) is 59.3 Å². The largest absolute Gasteiger partial charge is 0.490 e. The molecular weight excluding hydrogens is 529 g/mol. The zero-order valence-corrected chi connectivity index (χ0v) is 23.0. The Morgan fingerprint density at radius 1 is 1.22 bits per heavy atom. The molecule has 3 heterocycles. The molecule has 1 aliphatic heterocycles. The first kappa shape index (κ1) is 28.0. The first-order chi connectivity index (χ1) is 19.8. The van der Waals surface area contributed by atoms with Gasteiger partial charge in [0, 0.05) is 42.9 Å². The zero-order valence-electron chi connectivity index (χ0n) is 23.0. The molecule has 0 radical (unpaired) electrons. The van der Waals surface area contributed by atoms with Crippen LogP contribution in [0.1, 0.15) is 30.1 Å². The molecule has 2 N–H and O–H groups in total. The highest BCUT2D eigenvalue weighted by Crippen LogP contribution is 2.28. The average Bonchev–Trinajstić information content (AvgIpc) is 3.37. The summed E-state index contributed by atoms with van der Waals surface area (Å²) in [5.41, 5.74) is 1.72. The van der Waals surface area contributed by atoms with Crippen LogP contribution in [-0.2, 0) is 12.8 Å². The molecule has 0 bridgehead atoms. The molecule has 2 aromatic heterocycles. The summed E-state index contributed by atoms with van der Waals surface area (Å²) in [6.07, 6.45) is 3.52. The zero-order chi connectivity index (χ0) is 28.8. The highest BCUT2D eigenvalue weighted by molar-refractivity contribution is 5.93. The van der Waals surface area contributed by atoms with Crippen molar-refractivity contribution in [3.05, 3.63) is 77.8 Å². The van der Waals surface area contributed by atoms with Gasteiger partial charge in [0.25, 0.3) is 0 Å². The summed E-state index contributed by atoms with van der Waals surface area (Å²) in [4.78, 5) is 28.4. The van der Waals surface area contributed by atoms with E-state index in [1.165, 1.54) is 18.3 Å².